The number of nitrogens with two attached hydrogens (primary N) is 1. The van der Waals surface area contributed by atoms with E-state index in [0.717, 1.165) is 16.5 Å². The number of rotatable bonds is 4. The van der Waals surface area contributed by atoms with Crippen LogP contribution in [-0.4, -0.2) is 41.8 Å². The van der Waals surface area contributed by atoms with E-state index in [0.29, 0.717) is 43.6 Å². The Balaban J connectivity index is 1.53. The Morgan fingerprint density at radius 3 is 2.74 bits per heavy atom. The third-order valence-corrected chi connectivity index (χ3v) is 5.98. The van der Waals surface area contributed by atoms with Crippen molar-refractivity contribution in [2.24, 2.45) is 5.73 Å². The number of anilines is 2. The minimum absolute atomic E-state index is 0.0855. The number of aromatic nitrogens is 2. The smallest absolute Gasteiger partial charge is 0.275 e. The van der Waals surface area contributed by atoms with E-state index in [2.05, 4.69) is 5.32 Å². The Morgan fingerprint density at radius 1 is 1.16 bits per heavy atom. The fourth-order valence-corrected chi connectivity index (χ4v) is 4.11. The van der Waals surface area contributed by atoms with Crippen molar-refractivity contribution in [2.45, 2.75) is 31.4 Å². The van der Waals surface area contributed by atoms with Crippen molar-refractivity contribution in [3.05, 3.63) is 59.2 Å². The molecule has 0 unspecified atom stereocenters. The first-order valence-electron chi connectivity index (χ1n) is 10.4. The fraction of sp³-hybridized carbons (Fsp3) is 0.391. The molecule has 0 aliphatic carbocycles. The minimum atomic E-state index is -2.88. The molecule has 0 saturated carbocycles. The topological polar surface area (TPSA) is 76.3 Å². The zero-order valence-corrected chi connectivity index (χ0v) is 17.4. The average Bonchev–Trinajstić information content (AvgIpc) is 2.87. The van der Waals surface area contributed by atoms with Crippen LogP contribution in [0.4, 0.5) is 20.5 Å². The molecule has 0 atom stereocenters. The summed E-state index contributed by atoms with van der Waals surface area (Å²) >= 11 is 0. The van der Waals surface area contributed by atoms with E-state index in [9.17, 15) is 8.78 Å². The van der Waals surface area contributed by atoms with Gasteiger partial charge in [-0.2, -0.15) is 4.98 Å². The first kappa shape index (κ1) is 20.1. The summed E-state index contributed by atoms with van der Waals surface area (Å²) in [5, 5.41) is 4.24. The lowest BCUT2D eigenvalue weighted by Gasteiger charge is -2.38. The maximum atomic E-state index is 14.7. The second-order valence-corrected chi connectivity index (χ2v) is 8.63. The van der Waals surface area contributed by atoms with E-state index in [1.165, 1.54) is 6.07 Å². The number of hydrogen-bond donors (Lipinski definition) is 2. The molecule has 3 N–H and O–H groups in total. The van der Waals surface area contributed by atoms with Crippen LogP contribution >= 0.6 is 0 Å². The average molecular weight is 425 g/mol. The Morgan fingerprint density at radius 2 is 1.97 bits per heavy atom. The molecule has 1 aromatic heterocycles. The molecule has 0 bridgehead atoms. The summed E-state index contributed by atoms with van der Waals surface area (Å²) in [4.78, 5) is 11.3. The molecule has 3 heterocycles. The zero-order valence-electron chi connectivity index (χ0n) is 17.4. The van der Waals surface area contributed by atoms with Crippen LogP contribution in [0.25, 0.3) is 10.9 Å². The number of nitrogens with one attached hydrogen (secondary N) is 1. The highest BCUT2D eigenvalue weighted by Gasteiger charge is 2.37. The molecule has 2 aromatic carbocycles. The van der Waals surface area contributed by atoms with E-state index in [1.54, 1.807) is 18.2 Å². The lowest BCUT2D eigenvalue weighted by Crippen LogP contribution is -2.61. The molecular formula is C23H25F2N5O. The van der Waals surface area contributed by atoms with Crippen LogP contribution in [-0.2, 0) is 17.2 Å². The number of halogens is 2. The van der Waals surface area contributed by atoms with Gasteiger partial charge < -0.3 is 20.7 Å². The van der Waals surface area contributed by atoms with Crippen LogP contribution in [0.15, 0.2) is 42.5 Å². The molecule has 1 fully saturated rings. The van der Waals surface area contributed by atoms with Gasteiger partial charge in [0.1, 0.15) is 5.82 Å². The van der Waals surface area contributed by atoms with E-state index in [4.69, 9.17) is 20.4 Å². The number of fused-ring (bicyclic) bond motifs is 2. The number of aryl methyl sites for hydroxylation is 1. The Labute approximate surface area is 179 Å². The van der Waals surface area contributed by atoms with Crippen molar-refractivity contribution in [3.8, 4) is 0 Å². The van der Waals surface area contributed by atoms with Gasteiger partial charge >= 0.3 is 0 Å². The number of alkyl halides is 2. The third kappa shape index (κ3) is 3.81. The second-order valence-electron chi connectivity index (χ2n) is 8.63. The number of hydrogen-bond acceptors (Lipinski definition) is 6. The Kier molecular flexibility index (Phi) is 4.79. The van der Waals surface area contributed by atoms with Gasteiger partial charge in [0.05, 0.1) is 24.3 Å². The molecule has 8 heteroatoms. The first-order valence-corrected chi connectivity index (χ1v) is 10.4. The fourth-order valence-electron chi connectivity index (χ4n) is 4.11. The molecule has 31 heavy (non-hydrogen) atoms. The Hall–Kier alpha value is -2.84. The highest BCUT2D eigenvalue weighted by atomic mass is 19.3. The summed E-state index contributed by atoms with van der Waals surface area (Å²) in [5.74, 6) is -1.79. The summed E-state index contributed by atoms with van der Waals surface area (Å²) in [7, 11) is 0. The maximum Gasteiger partial charge on any atom is 0.275 e. The molecule has 0 radical (unpaired) electrons. The molecule has 0 amide bonds. The summed E-state index contributed by atoms with van der Waals surface area (Å²) in [5.41, 5.74) is 8.39. The normalized spacial score (nSPS) is 19.4. The standard InChI is InChI=1S/C23H25F2N5O/c1-15-6-7-19-17(10-15)20(27-12-22(26)13-31-14-22)29-21(28-19)30-9-8-23(24,25)18-5-3-2-4-16(18)11-30/h2-7,10H,8-9,11-14,26H2,1H3,(H,27,28,29). The van der Waals surface area contributed by atoms with E-state index < -0.39 is 11.5 Å². The molecule has 1 saturated heterocycles. The van der Waals surface area contributed by atoms with Crippen LogP contribution in [0, 0.1) is 6.92 Å². The molecule has 5 rings (SSSR count). The van der Waals surface area contributed by atoms with Gasteiger partial charge in [0, 0.05) is 37.0 Å². The van der Waals surface area contributed by atoms with Crippen LogP contribution < -0.4 is 16.0 Å². The molecule has 2 aliphatic rings. The van der Waals surface area contributed by atoms with Crippen molar-refractivity contribution in [2.75, 3.05) is 36.5 Å². The van der Waals surface area contributed by atoms with Gasteiger partial charge in [-0.05, 0) is 24.6 Å². The predicted molar refractivity (Wildman–Crippen MR) is 117 cm³/mol. The molecule has 6 nitrogen and oxygen atoms in total. The highest BCUT2D eigenvalue weighted by molar-refractivity contribution is 5.90. The maximum absolute atomic E-state index is 14.7. The van der Waals surface area contributed by atoms with Crippen molar-refractivity contribution in [3.63, 3.8) is 0 Å². The van der Waals surface area contributed by atoms with Crippen LogP contribution in [0.5, 0.6) is 0 Å². The van der Waals surface area contributed by atoms with Gasteiger partial charge in [0.2, 0.25) is 5.95 Å². The quantitative estimate of drug-likeness (QED) is 0.666. The van der Waals surface area contributed by atoms with Gasteiger partial charge in [-0.1, -0.05) is 35.9 Å². The molecule has 3 aromatic rings. The predicted octanol–water partition coefficient (Wildman–Crippen LogP) is 3.58. The molecule has 0 spiro atoms. The summed E-state index contributed by atoms with van der Waals surface area (Å²) in [6.45, 7) is 3.99. The van der Waals surface area contributed by atoms with Crippen molar-refractivity contribution >= 4 is 22.7 Å². The van der Waals surface area contributed by atoms with E-state index in [1.807, 2.05) is 30.0 Å². The third-order valence-electron chi connectivity index (χ3n) is 5.98. The van der Waals surface area contributed by atoms with Gasteiger partial charge in [0.25, 0.3) is 5.92 Å². The lowest BCUT2D eigenvalue weighted by atomic mass is 9.99. The van der Waals surface area contributed by atoms with Crippen LogP contribution in [0.3, 0.4) is 0 Å². The first-order chi connectivity index (χ1) is 14.8. The van der Waals surface area contributed by atoms with Gasteiger partial charge in [-0.25, -0.2) is 13.8 Å². The summed E-state index contributed by atoms with van der Waals surface area (Å²) in [6, 6.07) is 12.7. The molecule has 2 aliphatic heterocycles. The van der Waals surface area contributed by atoms with Gasteiger partial charge in [0.15, 0.2) is 0 Å². The number of nitrogens with zero attached hydrogens (tertiary/aromatic N) is 3. The summed E-state index contributed by atoms with van der Waals surface area (Å²) < 4.78 is 34.7. The Bertz CT molecular complexity index is 1130. The van der Waals surface area contributed by atoms with Crippen molar-refractivity contribution < 1.29 is 13.5 Å². The van der Waals surface area contributed by atoms with E-state index >= 15 is 0 Å². The number of ether oxygens (including phenoxy) is 1. The van der Waals surface area contributed by atoms with E-state index in [-0.39, 0.29) is 18.5 Å². The second kappa shape index (κ2) is 7.39. The van der Waals surface area contributed by atoms with Gasteiger partial charge in [-0.15, -0.1) is 0 Å². The molecule has 162 valence electrons. The lowest BCUT2D eigenvalue weighted by molar-refractivity contribution is -0.0461. The van der Waals surface area contributed by atoms with Crippen LogP contribution in [0.1, 0.15) is 23.1 Å². The highest BCUT2D eigenvalue weighted by Crippen LogP contribution is 2.38. The SMILES string of the molecule is Cc1ccc2nc(N3CCC(F)(F)c4ccccc4C3)nc(NCC3(N)COC3)c2c1. The monoisotopic (exact) mass is 425 g/mol. The van der Waals surface area contributed by atoms with Gasteiger partial charge in [-0.3, -0.25) is 0 Å². The molecular weight excluding hydrogens is 400 g/mol. The number of benzene rings is 2. The van der Waals surface area contributed by atoms with Crippen LogP contribution in [0.2, 0.25) is 0 Å². The van der Waals surface area contributed by atoms with Crippen molar-refractivity contribution in [1.82, 2.24) is 9.97 Å². The largest absolute Gasteiger partial charge is 0.377 e. The summed E-state index contributed by atoms with van der Waals surface area (Å²) in [6.07, 6.45) is -0.286. The van der Waals surface area contributed by atoms with Crippen molar-refractivity contribution in [1.29, 1.82) is 0 Å². The zero-order chi connectivity index (χ0) is 21.6. The minimum Gasteiger partial charge on any atom is -0.377 e.